The van der Waals surface area contributed by atoms with Crippen LogP contribution >= 0.6 is 0 Å². The van der Waals surface area contributed by atoms with Crippen molar-refractivity contribution in [1.29, 1.82) is 0 Å². The summed E-state index contributed by atoms with van der Waals surface area (Å²) >= 11 is 0. The Morgan fingerprint density at radius 1 is 1.33 bits per heavy atom. The highest BCUT2D eigenvalue weighted by Gasteiger charge is 2.30. The molecular formula is C10H16O2. The lowest BCUT2D eigenvalue weighted by molar-refractivity contribution is 0.0891. The molecule has 0 saturated heterocycles. The van der Waals surface area contributed by atoms with E-state index in [2.05, 4.69) is 6.08 Å². The molecule has 0 spiro atoms. The minimum atomic E-state index is -0.144. The van der Waals surface area contributed by atoms with E-state index >= 15 is 0 Å². The van der Waals surface area contributed by atoms with Gasteiger partial charge in [0.1, 0.15) is 0 Å². The highest BCUT2D eigenvalue weighted by molar-refractivity contribution is 5.05. The van der Waals surface area contributed by atoms with Crippen LogP contribution in [0.3, 0.4) is 0 Å². The number of aliphatic hydroxyl groups is 1. The number of allylic oxidation sites excluding steroid dienone is 1. The Bertz CT molecular complexity index is 186. The van der Waals surface area contributed by atoms with Gasteiger partial charge in [-0.3, -0.25) is 0 Å². The van der Waals surface area contributed by atoms with Crippen molar-refractivity contribution in [3.63, 3.8) is 0 Å². The van der Waals surface area contributed by atoms with Gasteiger partial charge in [0.2, 0.25) is 0 Å². The maximum Gasteiger partial charge on any atom is 0.0976 e. The quantitative estimate of drug-likeness (QED) is 0.647. The molecule has 2 atom stereocenters. The fourth-order valence-corrected chi connectivity index (χ4v) is 2.11. The molecule has 12 heavy (non-hydrogen) atoms. The molecule has 2 aliphatic rings. The van der Waals surface area contributed by atoms with E-state index in [1.165, 1.54) is 0 Å². The molecule has 0 aromatic heterocycles. The van der Waals surface area contributed by atoms with Gasteiger partial charge < -0.3 is 9.84 Å². The van der Waals surface area contributed by atoms with Crippen molar-refractivity contribution in [2.75, 3.05) is 6.61 Å². The first-order valence-electron chi connectivity index (χ1n) is 4.89. The molecule has 1 N–H and O–H groups in total. The molecule has 2 rings (SSSR count). The van der Waals surface area contributed by atoms with Crippen LogP contribution in [0.25, 0.3) is 0 Å². The summed E-state index contributed by atoms with van der Waals surface area (Å²) in [5.41, 5.74) is 0. The topological polar surface area (TPSA) is 29.5 Å². The molecule has 2 unspecified atom stereocenters. The van der Waals surface area contributed by atoms with Crippen molar-refractivity contribution in [3.8, 4) is 0 Å². The Labute approximate surface area is 73.2 Å². The molecule has 2 heteroatoms. The van der Waals surface area contributed by atoms with E-state index in [4.69, 9.17) is 4.74 Å². The van der Waals surface area contributed by atoms with Crippen LogP contribution in [0.4, 0.5) is 0 Å². The van der Waals surface area contributed by atoms with Gasteiger partial charge in [0, 0.05) is 5.92 Å². The molecule has 2 nitrogen and oxygen atoms in total. The van der Waals surface area contributed by atoms with Crippen LogP contribution in [0, 0.1) is 5.92 Å². The predicted molar refractivity (Wildman–Crippen MR) is 46.6 cm³/mol. The molecule has 0 bridgehead atoms. The van der Waals surface area contributed by atoms with E-state index in [-0.39, 0.29) is 6.10 Å². The van der Waals surface area contributed by atoms with Crippen molar-refractivity contribution in [2.24, 2.45) is 5.92 Å². The largest absolute Gasteiger partial charge is 0.498 e. The SMILES string of the molecule is OC1CCCC1C1=CCCCO1. The lowest BCUT2D eigenvalue weighted by Crippen LogP contribution is -2.19. The van der Waals surface area contributed by atoms with Crippen molar-refractivity contribution in [3.05, 3.63) is 11.8 Å². The predicted octanol–water partition coefficient (Wildman–Crippen LogP) is 1.84. The Morgan fingerprint density at radius 3 is 2.83 bits per heavy atom. The van der Waals surface area contributed by atoms with Crippen LogP contribution in [0.2, 0.25) is 0 Å². The minimum absolute atomic E-state index is 0.144. The highest BCUT2D eigenvalue weighted by Crippen LogP contribution is 2.33. The summed E-state index contributed by atoms with van der Waals surface area (Å²) in [4.78, 5) is 0. The van der Waals surface area contributed by atoms with Crippen LogP contribution in [0.1, 0.15) is 32.1 Å². The average molecular weight is 168 g/mol. The number of aliphatic hydroxyl groups excluding tert-OH is 1. The second kappa shape index (κ2) is 3.48. The first-order chi connectivity index (χ1) is 5.88. The summed E-state index contributed by atoms with van der Waals surface area (Å²) in [6.07, 6.45) is 7.47. The Kier molecular flexibility index (Phi) is 2.35. The molecule has 1 saturated carbocycles. The van der Waals surface area contributed by atoms with E-state index in [1.807, 2.05) is 0 Å². The minimum Gasteiger partial charge on any atom is -0.498 e. The number of rotatable bonds is 1. The van der Waals surface area contributed by atoms with Gasteiger partial charge in [0.05, 0.1) is 18.5 Å². The van der Waals surface area contributed by atoms with E-state index < -0.39 is 0 Å². The lowest BCUT2D eigenvalue weighted by Gasteiger charge is -2.22. The van der Waals surface area contributed by atoms with E-state index in [1.54, 1.807) is 0 Å². The average Bonchev–Trinajstić information content (AvgIpc) is 2.53. The second-order valence-corrected chi connectivity index (χ2v) is 3.70. The fraction of sp³-hybridized carbons (Fsp3) is 0.800. The number of hydrogen-bond acceptors (Lipinski definition) is 2. The van der Waals surface area contributed by atoms with Gasteiger partial charge in [-0.15, -0.1) is 0 Å². The molecule has 0 amide bonds. The monoisotopic (exact) mass is 168 g/mol. The zero-order chi connectivity index (χ0) is 8.39. The van der Waals surface area contributed by atoms with Gasteiger partial charge >= 0.3 is 0 Å². The third-order valence-corrected chi connectivity index (χ3v) is 2.81. The van der Waals surface area contributed by atoms with E-state index in [0.29, 0.717) is 5.92 Å². The first kappa shape index (κ1) is 8.11. The van der Waals surface area contributed by atoms with Gasteiger partial charge in [-0.2, -0.15) is 0 Å². The van der Waals surface area contributed by atoms with Crippen molar-refractivity contribution in [1.82, 2.24) is 0 Å². The highest BCUT2D eigenvalue weighted by atomic mass is 16.5. The molecule has 0 aromatic rings. The van der Waals surface area contributed by atoms with Gasteiger partial charge in [-0.1, -0.05) is 6.42 Å². The lowest BCUT2D eigenvalue weighted by atomic mass is 10.0. The smallest absolute Gasteiger partial charge is 0.0976 e. The van der Waals surface area contributed by atoms with Crippen molar-refractivity contribution >= 4 is 0 Å². The van der Waals surface area contributed by atoms with Crippen LogP contribution in [-0.2, 0) is 4.74 Å². The third-order valence-electron chi connectivity index (χ3n) is 2.81. The summed E-state index contributed by atoms with van der Waals surface area (Å²) in [6.45, 7) is 0.842. The van der Waals surface area contributed by atoms with E-state index in [0.717, 1.165) is 44.5 Å². The fourth-order valence-electron chi connectivity index (χ4n) is 2.11. The maximum absolute atomic E-state index is 9.62. The van der Waals surface area contributed by atoms with Crippen LogP contribution in [0.15, 0.2) is 11.8 Å². The molecule has 1 heterocycles. The van der Waals surface area contributed by atoms with Gasteiger partial charge in [-0.05, 0) is 31.8 Å². The summed E-state index contributed by atoms with van der Waals surface area (Å²) in [5.74, 6) is 1.37. The molecule has 0 aromatic carbocycles. The van der Waals surface area contributed by atoms with Gasteiger partial charge in [0.15, 0.2) is 0 Å². The summed E-state index contributed by atoms with van der Waals surface area (Å²) in [7, 11) is 0. The maximum atomic E-state index is 9.62. The first-order valence-corrected chi connectivity index (χ1v) is 4.89. The standard InChI is InChI=1S/C10H16O2/c11-9-5-3-4-8(9)10-6-1-2-7-12-10/h6,8-9,11H,1-5,7H2. The van der Waals surface area contributed by atoms with Crippen LogP contribution in [0.5, 0.6) is 0 Å². The summed E-state index contributed by atoms with van der Waals surface area (Å²) < 4.78 is 5.53. The van der Waals surface area contributed by atoms with Crippen LogP contribution < -0.4 is 0 Å². The van der Waals surface area contributed by atoms with Crippen molar-refractivity contribution in [2.45, 2.75) is 38.2 Å². The zero-order valence-corrected chi connectivity index (χ0v) is 7.33. The molecule has 68 valence electrons. The second-order valence-electron chi connectivity index (χ2n) is 3.70. The number of ether oxygens (including phenoxy) is 1. The Hall–Kier alpha value is -0.500. The van der Waals surface area contributed by atoms with Gasteiger partial charge in [-0.25, -0.2) is 0 Å². The third kappa shape index (κ3) is 1.48. The normalized spacial score (nSPS) is 35.9. The molecule has 1 fully saturated rings. The molecule has 1 aliphatic carbocycles. The number of hydrogen-bond donors (Lipinski definition) is 1. The van der Waals surface area contributed by atoms with Crippen molar-refractivity contribution < 1.29 is 9.84 Å². The Morgan fingerprint density at radius 2 is 2.25 bits per heavy atom. The summed E-state index contributed by atoms with van der Waals surface area (Å²) in [6, 6.07) is 0. The van der Waals surface area contributed by atoms with E-state index in [9.17, 15) is 5.11 Å². The summed E-state index contributed by atoms with van der Waals surface area (Å²) in [5, 5.41) is 9.62. The van der Waals surface area contributed by atoms with Gasteiger partial charge in [0.25, 0.3) is 0 Å². The molecular weight excluding hydrogens is 152 g/mol. The molecule has 0 radical (unpaired) electrons. The molecule has 1 aliphatic heterocycles. The van der Waals surface area contributed by atoms with Crippen LogP contribution in [-0.4, -0.2) is 17.8 Å². The Balaban J connectivity index is 2.02. The zero-order valence-electron chi connectivity index (χ0n) is 7.33.